The molecule has 0 aliphatic carbocycles. The van der Waals surface area contributed by atoms with E-state index in [0.717, 1.165) is 6.29 Å². The number of aldehydes is 1. The summed E-state index contributed by atoms with van der Waals surface area (Å²) in [5, 5.41) is 0.310. The van der Waals surface area contributed by atoms with Crippen molar-refractivity contribution in [1.82, 2.24) is 0 Å². The molecule has 0 aliphatic heterocycles. The minimum atomic E-state index is -0.689. The maximum atomic E-state index is 12.9. The van der Waals surface area contributed by atoms with Crippen molar-refractivity contribution in [1.29, 1.82) is 0 Å². The molecule has 0 N–H and O–H groups in total. The van der Waals surface area contributed by atoms with Gasteiger partial charge in [0.05, 0.1) is 0 Å². The first-order valence-corrected chi connectivity index (χ1v) is 4.26. The third kappa shape index (κ3) is 2.28. The molecule has 0 atom stereocenters. The molecule has 1 aromatic rings. The summed E-state index contributed by atoms with van der Waals surface area (Å²) in [4.78, 5) is 10.7. The number of hydrogen-bond acceptors (Lipinski definition) is 1. The summed E-state index contributed by atoms with van der Waals surface area (Å²) in [6.07, 6.45) is 0.776. The predicted octanol–water partition coefficient (Wildman–Crippen LogP) is 2.96. The highest BCUT2D eigenvalue weighted by molar-refractivity contribution is 6.30. The van der Waals surface area contributed by atoms with E-state index < -0.39 is 11.2 Å². The van der Waals surface area contributed by atoms with Crippen molar-refractivity contribution >= 4 is 17.9 Å². The highest BCUT2D eigenvalue weighted by Crippen LogP contribution is 2.24. The summed E-state index contributed by atoms with van der Waals surface area (Å²) in [7, 11) is 0. The summed E-state index contributed by atoms with van der Waals surface area (Å²) in [6.45, 7) is 3.43. The van der Waals surface area contributed by atoms with Crippen molar-refractivity contribution in [3.05, 3.63) is 34.6 Å². The number of hydrogen-bond donors (Lipinski definition) is 0. The van der Waals surface area contributed by atoms with Gasteiger partial charge >= 0.3 is 0 Å². The minimum Gasteiger partial charge on any atom is -0.302 e. The van der Waals surface area contributed by atoms with Crippen molar-refractivity contribution in [2.24, 2.45) is 0 Å². The largest absolute Gasteiger partial charge is 0.302 e. The lowest BCUT2D eigenvalue weighted by molar-refractivity contribution is -0.111. The fourth-order valence-electron chi connectivity index (χ4n) is 0.994. The summed E-state index contributed by atoms with van der Waals surface area (Å²) in [5.41, 5.74) is -0.0985. The molecule has 0 saturated carbocycles. The standard InChI is InChI=1S/C10H10ClFO/c1-10(2,6-13)7-3-8(11)5-9(12)4-7/h3-6H,1-2H3. The van der Waals surface area contributed by atoms with Crippen LogP contribution in [0.2, 0.25) is 5.02 Å². The molecular weight excluding hydrogens is 191 g/mol. The SMILES string of the molecule is CC(C)(C=O)c1cc(F)cc(Cl)c1. The van der Waals surface area contributed by atoms with Gasteiger partial charge in [-0.2, -0.15) is 0 Å². The van der Waals surface area contributed by atoms with Crippen LogP contribution in [-0.4, -0.2) is 6.29 Å². The van der Waals surface area contributed by atoms with Crippen LogP contribution in [0.15, 0.2) is 18.2 Å². The van der Waals surface area contributed by atoms with Crippen LogP contribution in [-0.2, 0) is 10.2 Å². The number of carbonyl (C=O) groups is 1. The van der Waals surface area contributed by atoms with Gasteiger partial charge in [-0.05, 0) is 37.6 Å². The molecule has 0 bridgehead atoms. The average molecular weight is 201 g/mol. The molecule has 0 unspecified atom stereocenters. The zero-order valence-electron chi connectivity index (χ0n) is 7.47. The van der Waals surface area contributed by atoms with Gasteiger partial charge in [-0.15, -0.1) is 0 Å². The Balaban J connectivity index is 3.22. The van der Waals surface area contributed by atoms with Crippen LogP contribution in [0.25, 0.3) is 0 Å². The zero-order valence-corrected chi connectivity index (χ0v) is 8.23. The van der Waals surface area contributed by atoms with E-state index in [9.17, 15) is 9.18 Å². The molecule has 0 radical (unpaired) electrons. The topological polar surface area (TPSA) is 17.1 Å². The fourth-order valence-corrected chi connectivity index (χ4v) is 1.22. The molecule has 0 aliphatic rings. The Morgan fingerprint density at radius 2 is 2.00 bits per heavy atom. The summed E-state index contributed by atoms with van der Waals surface area (Å²) in [6, 6.07) is 4.13. The molecule has 0 heterocycles. The molecular formula is C10H10ClFO. The van der Waals surface area contributed by atoms with Crippen LogP contribution < -0.4 is 0 Å². The molecule has 3 heteroatoms. The van der Waals surface area contributed by atoms with Gasteiger partial charge in [0.1, 0.15) is 12.1 Å². The van der Waals surface area contributed by atoms with E-state index in [1.165, 1.54) is 12.1 Å². The highest BCUT2D eigenvalue weighted by atomic mass is 35.5. The normalized spacial score (nSPS) is 11.4. The Morgan fingerprint density at radius 1 is 1.38 bits per heavy atom. The average Bonchev–Trinajstić information content (AvgIpc) is 2.02. The van der Waals surface area contributed by atoms with Gasteiger partial charge in [-0.25, -0.2) is 4.39 Å². The molecule has 0 aromatic heterocycles. The third-order valence-corrected chi connectivity index (χ3v) is 2.12. The molecule has 70 valence electrons. The van der Waals surface area contributed by atoms with Gasteiger partial charge in [0.15, 0.2) is 0 Å². The second kappa shape index (κ2) is 3.46. The van der Waals surface area contributed by atoms with E-state index in [-0.39, 0.29) is 0 Å². The molecule has 1 rings (SSSR count). The van der Waals surface area contributed by atoms with E-state index in [2.05, 4.69) is 0 Å². The van der Waals surface area contributed by atoms with E-state index in [1.54, 1.807) is 19.9 Å². The highest BCUT2D eigenvalue weighted by Gasteiger charge is 2.20. The monoisotopic (exact) mass is 200 g/mol. The molecule has 0 fully saturated rings. The van der Waals surface area contributed by atoms with Crippen molar-refractivity contribution in [2.75, 3.05) is 0 Å². The Hall–Kier alpha value is -0.890. The Kier molecular flexibility index (Phi) is 2.71. The predicted molar refractivity (Wildman–Crippen MR) is 50.5 cm³/mol. The van der Waals surface area contributed by atoms with Crippen molar-refractivity contribution in [2.45, 2.75) is 19.3 Å². The van der Waals surface area contributed by atoms with Gasteiger partial charge in [0.25, 0.3) is 0 Å². The van der Waals surface area contributed by atoms with Gasteiger partial charge in [-0.3, -0.25) is 0 Å². The summed E-state index contributed by atoms with van der Waals surface area (Å²) < 4.78 is 12.9. The second-order valence-corrected chi connectivity index (χ2v) is 3.93. The lowest BCUT2D eigenvalue weighted by atomic mass is 9.86. The van der Waals surface area contributed by atoms with Gasteiger partial charge < -0.3 is 4.79 Å². The Morgan fingerprint density at radius 3 is 2.46 bits per heavy atom. The molecule has 1 aromatic carbocycles. The Labute approximate surface area is 81.5 Å². The fraction of sp³-hybridized carbons (Fsp3) is 0.300. The molecule has 13 heavy (non-hydrogen) atoms. The van der Waals surface area contributed by atoms with Crippen LogP contribution in [0.3, 0.4) is 0 Å². The number of benzene rings is 1. The molecule has 1 nitrogen and oxygen atoms in total. The van der Waals surface area contributed by atoms with E-state index in [0.29, 0.717) is 10.6 Å². The first kappa shape index (κ1) is 10.2. The summed E-state index contributed by atoms with van der Waals surface area (Å²) in [5.74, 6) is -0.419. The second-order valence-electron chi connectivity index (χ2n) is 3.50. The smallest absolute Gasteiger partial charge is 0.129 e. The molecule has 0 spiro atoms. The first-order valence-electron chi connectivity index (χ1n) is 3.88. The quantitative estimate of drug-likeness (QED) is 0.671. The zero-order chi connectivity index (χ0) is 10.1. The number of rotatable bonds is 2. The molecule has 0 saturated heterocycles. The van der Waals surface area contributed by atoms with Crippen molar-refractivity contribution < 1.29 is 9.18 Å². The van der Waals surface area contributed by atoms with E-state index in [4.69, 9.17) is 11.6 Å². The lowest BCUT2D eigenvalue weighted by Gasteiger charge is -2.17. The summed E-state index contributed by atoms with van der Waals surface area (Å²) >= 11 is 5.66. The van der Waals surface area contributed by atoms with Crippen LogP contribution in [0.1, 0.15) is 19.4 Å². The van der Waals surface area contributed by atoms with Crippen LogP contribution in [0.5, 0.6) is 0 Å². The van der Waals surface area contributed by atoms with Gasteiger partial charge in [0, 0.05) is 10.4 Å². The van der Waals surface area contributed by atoms with E-state index >= 15 is 0 Å². The van der Waals surface area contributed by atoms with Crippen molar-refractivity contribution in [3.63, 3.8) is 0 Å². The molecule has 0 amide bonds. The number of carbonyl (C=O) groups excluding carboxylic acids is 1. The van der Waals surface area contributed by atoms with Crippen LogP contribution in [0, 0.1) is 5.82 Å². The maximum absolute atomic E-state index is 12.9. The van der Waals surface area contributed by atoms with E-state index in [1.807, 2.05) is 0 Å². The maximum Gasteiger partial charge on any atom is 0.129 e. The third-order valence-electron chi connectivity index (χ3n) is 1.90. The first-order chi connectivity index (χ1) is 5.95. The lowest BCUT2D eigenvalue weighted by Crippen LogP contribution is -2.18. The number of halogens is 2. The van der Waals surface area contributed by atoms with Crippen molar-refractivity contribution in [3.8, 4) is 0 Å². The van der Waals surface area contributed by atoms with Crippen LogP contribution in [0.4, 0.5) is 4.39 Å². The van der Waals surface area contributed by atoms with Crippen LogP contribution >= 0.6 is 11.6 Å². The minimum absolute atomic E-state index is 0.310. The van der Waals surface area contributed by atoms with Gasteiger partial charge in [0.2, 0.25) is 0 Å². The Bertz CT molecular complexity index is 313. The van der Waals surface area contributed by atoms with Gasteiger partial charge in [-0.1, -0.05) is 11.6 Å².